The van der Waals surface area contributed by atoms with E-state index in [0.29, 0.717) is 10.8 Å². The molecule has 8 saturated carbocycles. The van der Waals surface area contributed by atoms with Gasteiger partial charge >= 0.3 is 406 Å². The molecule has 0 amide bonds. The average Bonchev–Trinajstić information content (AvgIpc) is 3.86. The Morgan fingerprint density at radius 3 is 1.18 bits per heavy atom. The number of allylic oxidation sites excluding steroid dienone is 2. The summed E-state index contributed by atoms with van der Waals surface area (Å²) in [4.78, 5) is 0. The Labute approximate surface area is 402 Å². The first-order valence-corrected chi connectivity index (χ1v) is 42.5. The average molecular weight is 1000 g/mol. The molecule has 0 spiro atoms. The molecular formula is C62H65Cl2SiZr. The minimum absolute atomic E-state index is 0.116. The van der Waals surface area contributed by atoms with Gasteiger partial charge in [-0.05, 0) is 0 Å². The molecule has 0 saturated heterocycles. The van der Waals surface area contributed by atoms with Gasteiger partial charge in [0.05, 0.1) is 0 Å². The van der Waals surface area contributed by atoms with Crippen molar-refractivity contribution in [3.05, 3.63) is 155 Å². The predicted octanol–water partition coefficient (Wildman–Crippen LogP) is 18.1. The van der Waals surface area contributed by atoms with E-state index in [1.54, 1.807) is 11.1 Å². The third-order valence-corrected chi connectivity index (χ3v) is 72.0. The number of hydrogen-bond donors (Lipinski definition) is 0. The molecule has 10 aliphatic carbocycles. The Balaban J connectivity index is 0.970. The summed E-state index contributed by atoms with van der Waals surface area (Å²) >= 11 is -5.19. The van der Waals surface area contributed by atoms with Crippen molar-refractivity contribution in [2.75, 3.05) is 0 Å². The first kappa shape index (κ1) is 41.9. The molecule has 6 aromatic rings. The van der Waals surface area contributed by atoms with Gasteiger partial charge in [-0.2, -0.15) is 0 Å². The Bertz CT molecular complexity index is 2790. The maximum absolute atomic E-state index is 9.47. The van der Waals surface area contributed by atoms with Crippen LogP contribution >= 0.6 is 17.0 Å². The molecule has 0 heterocycles. The van der Waals surface area contributed by atoms with Crippen molar-refractivity contribution in [1.29, 1.82) is 0 Å². The number of halogens is 2. The molecule has 0 nitrogen and oxygen atoms in total. The summed E-state index contributed by atoms with van der Waals surface area (Å²) in [6.07, 6.45) is 25.1. The standard InChI is InChI=1S/2C30H29.C2H7Si.2ClH.Zr/c2*1-2-5-25-15-27(9-8-24(25)4-1)28-7-3-6-26-13-23(14-29(26)28)19-30-16-20-10-21(17-30)12-22(11-20)18-30;1-3-2;;;/h2*1-9,13-15,20-22H,10-12,16-19H2;3H,1-2H3;2*1H;/q;;;;;+2/p-2. The number of benzene rings is 6. The molecule has 10 aliphatic rings. The summed E-state index contributed by atoms with van der Waals surface area (Å²) in [6, 6.07) is 46.6. The van der Waals surface area contributed by atoms with Crippen molar-refractivity contribution in [1.82, 2.24) is 0 Å². The molecule has 0 N–H and O–H groups in total. The van der Waals surface area contributed by atoms with Crippen LogP contribution in [0.15, 0.2) is 132 Å². The number of hydrogen-bond acceptors (Lipinski definition) is 0. The topological polar surface area (TPSA) is 0 Å². The van der Waals surface area contributed by atoms with Crippen LogP contribution in [0.1, 0.15) is 119 Å². The Kier molecular flexibility index (Phi) is 9.53. The first-order chi connectivity index (χ1) is 32.0. The molecule has 0 aromatic heterocycles. The fourth-order valence-electron chi connectivity index (χ4n) is 18.5. The second-order valence-electron chi connectivity index (χ2n) is 24.6. The van der Waals surface area contributed by atoms with Crippen molar-refractivity contribution in [3.63, 3.8) is 0 Å². The predicted molar refractivity (Wildman–Crippen MR) is 281 cm³/mol. The summed E-state index contributed by atoms with van der Waals surface area (Å²) in [5, 5.41) is 5.21. The van der Waals surface area contributed by atoms with Gasteiger partial charge in [-0.3, -0.25) is 0 Å². The Morgan fingerprint density at radius 1 is 0.455 bits per heavy atom. The summed E-state index contributed by atoms with van der Waals surface area (Å²) < 4.78 is 0.231. The summed E-state index contributed by atoms with van der Waals surface area (Å²) in [5.41, 5.74) is 15.1. The molecule has 0 radical (unpaired) electrons. The van der Waals surface area contributed by atoms with Gasteiger partial charge in [0.25, 0.3) is 0 Å². The van der Waals surface area contributed by atoms with Gasteiger partial charge in [0.1, 0.15) is 0 Å². The van der Waals surface area contributed by atoms with Crippen LogP contribution in [-0.2, 0) is 15.6 Å². The maximum atomic E-state index is 9.47. The Hall–Kier alpha value is -3.00. The molecule has 2 atom stereocenters. The third-order valence-electron chi connectivity index (χ3n) is 20.1. The van der Waals surface area contributed by atoms with Gasteiger partial charge in [0.2, 0.25) is 0 Å². The first-order valence-electron chi connectivity index (χ1n) is 26.2. The fourth-order valence-corrected chi connectivity index (χ4v) is 49.8. The van der Waals surface area contributed by atoms with E-state index in [9.17, 15) is 17.0 Å². The van der Waals surface area contributed by atoms with E-state index in [1.165, 1.54) is 156 Å². The van der Waals surface area contributed by atoms with Crippen LogP contribution in [0.4, 0.5) is 0 Å². The van der Waals surface area contributed by atoms with E-state index in [4.69, 9.17) is 0 Å². The molecule has 8 bridgehead atoms. The van der Waals surface area contributed by atoms with Crippen LogP contribution in [0.3, 0.4) is 0 Å². The van der Waals surface area contributed by atoms with Gasteiger partial charge < -0.3 is 0 Å². The summed E-state index contributed by atoms with van der Waals surface area (Å²) in [6.45, 7) is 5.21. The van der Waals surface area contributed by atoms with Crippen molar-refractivity contribution in [2.24, 2.45) is 46.3 Å². The van der Waals surface area contributed by atoms with Crippen LogP contribution in [0, 0.1) is 46.3 Å². The van der Waals surface area contributed by atoms with Crippen LogP contribution in [0.2, 0.25) is 13.1 Å². The van der Waals surface area contributed by atoms with Crippen molar-refractivity contribution < 1.29 is 15.6 Å². The molecule has 6 aromatic carbocycles. The fraction of sp³-hybridized carbons (Fsp3) is 0.419. The summed E-state index contributed by atoms with van der Waals surface area (Å²) in [7, 11) is 18.9. The SMILES string of the molecule is C[SiH](C)[Zr]([Cl])([Cl])([CH]1C(CC23CC4CC(CC(C4)C2)C3)=Cc2c(-c3ccc4ccccc4c3)cccc21)[CH]1C(CC23CC4CC(CC(C4)C2)C3)=Cc2c(-c3ccc4ccccc4c3)cccc21. The van der Waals surface area contributed by atoms with Crippen LogP contribution in [-0.4, -0.2) is 5.92 Å². The second-order valence-corrected chi connectivity index (χ2v) is 67.1. The zero-order valence-corrected chi connectivity index (χ0v) is 44.2. The molecule has 4 heteroatoms. The second kappa shape index (κ2) is 15.0. The van der Waals surface area contributed by atoms with E-state index in [2.05, 4.69) is 147 Å². The summed E-state index contributed by atoms with van der Waals surface area (Å²) in [5.74, 6) is 3.67. The third kappa shape index (κ3) is 6.42. The molecular weight excluding hydrogens is 935 g/mol. The molecule has 66 heavy (non-hydrogen) atoms. The van der Waals surface area contributed by atoms with Gasteiger partial charge in [-0.25, -0.2) is 0 Å². The van der Waals surface area contributed by atoms with Gasteiger partial charge in [-0.1, -0.05) is 0 Å². The number of fused-ring (bicyclic) bond motifs is 4. The van der Waals surface area contributed by atoms with Crippen LogP contribution in [0.25, 0.3) is 56.0 Å². The molecule has 8 fully saturated rings. The van der Waals surface area contributed by atoms with E-state index in [-0.39, 0.29) is 7.25 Å². The molecule has 2 unspecified atom stereocenters. The van der Waals surface area contributed by atoms with Crippen LogP contribution < -0.4 is 0 Å². The van der Waals surface area contributed by atoms with Crippen molar-refractivity contribution >= 4 is 56.6 Å². The van der Waals surface area contributed by atoms with Gasteiger partial charge in [0, 0.05) is 0 Å². The van der Waals surface area contributed by atoms with Gasteiger partial charge in [0.15, 0.2) is 0 Å². The van der Waals surface area contributed by atoms with E-state index in [1.807, 2.05) is 0 Å². The van der Waals surface area contributed by atoms with Crippen molar-refractivity contribution in [2.45, 2.75) is 110 Å². The normalized spacial score (nSPS) is 33.0. The molecule has 16 rings (SSSR count). The van der Waals surface area contributed by atoms with E-state index < -0.39 is 21.5 Å². The monoisotopic (exact) mass is 997 g/mol. The quantitative estimate of drug-likeness (QED) is 0.127. The van der Waals surface area contributed by atoms with Crippen LogP contribution in [0.5, 0.6) is 0 Å². The molecule has 0 aliphatic heterocycles. The zero-order chi connectivity index (χ0) is 44.2. The van der Waals surface area contributed by atoms with E-state index >= 15 is 0 Å². The van der Waals surface area contributed by atoms with Crippen molar-refractivity contribution in [3.8, 4) is 22.3 Å². The zero-order valence-electron chi connectivity index (χ0n) is 39.1. The van der Waals surface area contributed by atoms with E-state index in [0.717, 1.165) is 35.5 Å². The molecule has 335 valence electrons. The minimum atomic E-state index is -5.19. The Morgan fingerprint density at radius 2 is 0.818 bits per heavy atom. The van der Waals surface area contributed by atoms with Gasteiger partial charge in [-0.15, -0.1) is 0 Å². The number of rotatable bonds is 9.